The summed E-state index contributed by atoms with van der Waals surface area (Å²) in [5.74, 6) is 1.19. The van der Waals surface area contributed by atoms with E-state index >= 15 is 0 Å². The fourth-order valence-corrected chi connectivity index (χ4v) is 2.22. The smallest absolute Gasteiger partial charge is 0.213 e. The van der Waals surface area contributed by atoms with Crippen LogP contribution in [0.25, 0.3) is 16.9 Å². The minimum atomic E-state index is 0.491. The molecule has 6 nitrogen and oxygen atoms in total. The topological polar surface area (TPSA) is 65.7 Å². The van der Waals surface area contributed by atoms with Gasteiger partial charge in [-0.25, -0.2) is 9.97 Å². The minimum absolute atomic E-state index is 0.491. The third kappa shape index (κ3) is 2.57. The van der Waals surface area contributed by atoms with Crippen LogP contribution >= 0.6 is 11.6 Å². The first-order valence-corrected chi connectivity index (χ1v) is 6.58. The van der Waals surface area contributed by atoms with Crippen LogP contribution in [-0.4, -0.2) is 31.8 Å². The highest BCUT2D eigenvalue weighted by Gasteiger charge is 2.14. The second kappa shape index (κ2) is 5.49. The average Bonchev–Trinajstić information content (AvgIpc) is 3.02. The predicted octanol–water partition coefficient (Wildman–Crippen LogP) is 2.69. The van der Waals surface area contributed by atoms with Gasteiger partial charge in [-0.3, -0.25) is 4.57 Å². The first kappa shape index (κ1) is 13.5. The molecule has 0 atom stereocenters. The standard InChI is InChI=1S/C14H12ClN5O/c1-9-3-11(10-4-13(21-2)16-6-12(10)15)14(17-5-9)20-7-18-19-8-20/h3-8H,1-2H3. The van der Waals surface area contributed by atoms with Crippen LogP contribution in [-0.2, 0) is 0 Å². The molecule has 0 fully saturated rings. The fourth-order valence-electron chi connectivity index (χ4n) is 2.01. The quantitative estimate of drug-likeness (QED) is 0.744. The molecule has 0 aliphatic heterocycles. The number of nitrogens with zero attached hydrogens (tertiary/aromatic N) is 5. The van der Waals surface area contributed by atoms with Crippen molar-refractivity contribution >= 4 is 11.6 Å². The van der Waals surface area contributed by atoms with E-state index in [1.165, 1.54) is 0 Å². The molecular formula is C14H12ClN5O. The Morgan fingerprint density at radius 3 is 2.52 bits per heavy atom. The molecule has 0 N–H and O–H groups in total. The molecule has 0 bridgehead atoms. The van der Waals surface area contributed by atoms with Crippen molar-refractivity contribution in [1.82, 2.24) is 24.7 Å². The number of aromatic nitrogens is 5. The lowest BCUT2D eigenvalue weighted by Crippen LogP contribution is -2.00. The molecule has 3 rings (SSSR count). The molecule has 0 amide bonds. The van der Waals surface area contributed by atoms with Crippen LogP contribution in [0.2, 0.25) is 5.02 Å². The Morgan fingerprint density at radius 1 is 1.05 bits per heavy atom. The molecule has 0 saturated heterocycles. The van der Waals surface area contributed by atoms with E-state index in [0.29, 0.717) is 16.7 Å². The van der Waals surface area contributed by atoms with Gasteiger partial charge < -0.3 is 4.74 Å². The normalized spacial score (nSPS) is 10.6. The monoisotopic (exact) mass is 301 g/mol. The Labute approximate surface area is 126 Å². The Balaban J connectivity index is 2.24. The van der Waals surface area contributed by atoms with Gasteiger partial charge in [-0.2, -0.15) is 0 Å². The molecule has 3 heterocycles. The first-order chi connectivity index (χ1) is 10.2. The number of aryl methyl sites for hydroxylation is 1. The van der Waals surface area contributed by atoms with E-state index in [9.17, 15) is 0 Å². The van der Waals surface area contributed by atoms with Gasteiger partial charge in [-0.1, -0.05) is 11.6 Å². The highest BCUT2D eigenvalue weighted by Crippen LogP contribution is 2.33. The second-order valence-corrected chi connectivity index (χ2v) is 4.87. The molecule has 0 aliphatic rings. The zero-order valence-electron chi connectivity index (χ0n) is 11.5. The summed E-state index contributed by atoms with van der Waals surface area (Å²) < 4.78 is 6.90. The van der Waals surface area contributed by atoms with Crippen LogP contribution in [0, 0.1) is 6.92 Å². The number of pyridine rings is 2. The molecule has 0 aliphatic carbocycles. The molecule has 0 spiro atoms. The summed E-state index contributed by atoms with van der Waals surface area (Å²) in [5, 5.41) is 8.16. The van der Waals surface area contributed by atoms with Gasteiger partial charge in [-0.05, 0) is 18.6 Å². The maximum absolute atomic E-state index is 6.29. The van der Waals surface area contributed by atoms with Crippen molar-refractivity contribution in [3.8, 4) is 22.8 Å². The van der Waals surface area contributed by atoms with Gasteiger partial charge in [0.2, 0.25) is 5.88 Å². The van der Waals surface area contributed by atoms with Crippen LogP contribution in [0.4, 0.5) is 0 Å². The molecule has 3 aromatic heterocycles. The Kier molecular flexibility index (Phi) is 3.53. The zero-order valence-corrected chi connectivity index (χ0v) is 12.2. The summed E-state index contributed by atoms with van der Waals surface area (Å²) in [6.45, 7) is 1.97. The summed E-state index contributed by atoms with van der Waals surface area (Å²) in [4.78, 5) is 8.55. The van der Waals surface area contributed by atoms with E-state index in [1.807, 2.05) is 13.0 Å². The van der Waals surface area contributed by atoms with Crippen molar-refractivity contribution in [2.45, 2.75) is 6.92 Å². The van der Waals surface area contributed by atoms with E-state index in [2.05, 4.69) is 20.2 Å². The highest BCUT2D eigenvalue weighted by molar-refractivity contribution is 6.33. The van der Waals surface area contributed by atoms with Crippen molar-refractivity contribution in [3.63, 3.8) is 0 Å². The van der Waals surface area contributed by atoms with Crippen LogP contribution in [0.15, 0.2) is 37.2 Å². The van der Waals surface area contributed by atoms with Gasteiger partial charge in [0.05, 0.1) is 18.3 Å². The Morgan fingerprint density at radius 2 is 1.81 bits per heavy atom. The third-order valence-corrected chi connectivity index (χ3v) is 3.30. The third-order valence-electron chi connectivity index (χ3n) is 3.00. The number of hydrogen-bond donors (Lipinski definition) is 0. The van der Waals surface area contributed by atoms with Gasteiger partial charge in [0.25, 0.3) is 0 Å². The van der Waals surface area contributed by atoms with Gasteiger partial charge in [0.15, 0.2) is 0 Å². The molecule has 106 valence electrons. The van der Waals surface area contributed by atoms with Gasteiger partial charge in [-0.15, -0.1) is 10.2 Å². The van der Waals surface area contributed by atoms with Crippen molar-refractivity contribution in [1.29, 1.82) is 0 Å². The summed E-state index contributed by atoms with van der Waals surface area (Å²) in [7, 11) is 1.56. The van der Waals surface area contributed by atoms with E-state index < -0.39 is 0 Å². The lowest BCUT2D eigenvalue weighted by Gasteiger charge is -2.12. The van der Waals surface area contributed by atoms with Crippen LogP contribution in [0.3, 0.4) is 0 Å². The number of ether oxygens (including phenoxy) is 1. The number of rotatable bonds is 3. The van der Waals surface area contributed by atoms with E-state index in [0.717, 1.165) is 16.7 Å². The summed E-state index contributed by atoms with van der Waals surface area (Å²) in [5.41, 5.74) is 2.68. The molecule has 0 aromatic carbocycles. The average molecular weight is 302 g/mol. The van der Waals surface area contributed by atoms with Crippen LogP contribution in [0.5, 0.6) is 5.88 Å². The predicted molar refractivity (Wildman–Crippen MR) is 78.7 cm³/mol. The molecule has 0 unspecified atom stereocenters. The molecule has 3 aromatic rings. The summed E-state index contributed by atoms with van der Waals surface area (Å²) >= 11 is 6.29. The first-order valence-electron chi connectivity index (χ1n) is 6.20. The lowest BCUT2D eigenvalue weighted by molar-refractivity contribution is 0.398. The Hall–Kier alpha value is -2.47. The molecular weight excluding hydrogens is 290 g/mol. The molecule has 0 radical (unpaired) electrons. The SMILES string of the molecule is COc1cc(-c2cc(C)cnc2-n2cnnc2)c(Cl)cn1. The van der Waals surface area contributed by atoms with Crippen molar-refractivity contribution < 1.29 is 4.74 Å². The number of methoxy groups -OCH3 is 1. The lowest BCUT2D eigenvalue weighted by atomic mass is 10.1. The second-order valence-electron chi connectivity index (χ2n) is 4.46. The van der Waals surface area contributed by atoms with Gasteiger partial charge in [0.1, 0.15) is 18.5 Å². The number of hydrogen-bond acceptors (Lipinski definition) is 5. The fraction of sp³-hybridized carbons (Fsp3) is 0.143. The summed E-state index contributed by atoms with van der Waals surface area (Å²) in [6, 6.07) is 3.79. The van der Waals surface area contributed by atoms with Crippen molar-refractivity contribution in [3.05, 3.63) is 47.8 Å². The maximum atomic E-state index is 6.29. The minimum Gasteiger partial charge on any atom is -0.481 e. The molecule has 21 heavy (non-hydrogen) atoms. The number of halogens is 1. The largest absolute Gasteiger partial charge is 0.481 e. The van der Waals surface area contributed by atoms with E-state index in [4.69, 9.17) is 16.3 Å². The zero-order chi connectivity index (χ0) is 14.8. The maximum Gasteiger partial charge on any atom is 0.213 e. The van der Waals surface area contributed by atoms with Crippen LogP contribution < -0.4 is 4.74 Å². The van der Waals surface area contributed by atoms with E-state index in [1.54, 1.807) is 42.8 Å². The van der Waals surface area contributed by atoms with Gasteiger partial charge in [0, 0.05) is 23.4 Å². The molecule has 7 heteroatoms. The van der Waals surface area contributed by atoms with Crippen LogP contribution in [0.1, 0.15) is 5.56 Å². The molecule has 0 saturated carbocycles. The Bertz CT molecular complexity index is 773. The highest BCUT2D eigenvalue weighted by atomic mass is 35.5. The van der Waals surface area contributed by atoms with Gasteiger partial charge >= 0.3 is 0 Å². The van der Waals surface area contributed by atoms with E-state index in [-0.39, 0.29) is 0 Å². The van der Waals surface area contributed by atoms with Crippen molar-refractivity contribution in [2.75, 3.05) is 7.11 Å². The summed E-state index contributed by atoms with van der Waals surface area (Å²) in [6.07, 6.45) is 6.53. The van der Waals surface area contributed by atoms with Crippen molar-refractivity contribution in [2.24, 2.45) is 0 Å².